The molecule has 0 atom stereocenters. The van der Waals surface area contributed by atoms with Crippen LogP contribution in [0.15, 0.2) is 41.3 Å². The van der Waals surface area contributed by atoms with E-state index in [-0.39, 0.29) is 26.9 Å². The van der Waals surface area contributed by atoms with Crippen LogP contribution in [0, 0.1) is 12.7 Å². The number of sulfone groups is 1. The Morgan fingerprint density at radius 1 is 1.22 bits per heavy atom. The molecule has 1 heterocycles. The fourth-order valence-electron chi connectivity index (χ4n) is 2.34. The van der Waals surface area contributed by atoms with E-state index in [1.165, 1.54) is 35.0 Å². The normalized spacial score (nSPS) is 11.4. The summed E-state index contributed by atoms with van der Waals surface area (Å²) in [7, 11) is -3.60. The van der Waals surface area contributed by atoms with Gasteiger partial charge in [-0.1, -0.05) is 11.6 Å². The summed E-state index contributed by atoms with van der Waals surface area (Å²) in [5.74, 6) is -0.787. The molecule has 0 radical (unpaired) electrons. The molecule has 3 rings (SSSR count). The number of hydrogen-bond donors (Lipinski definition) is 1. The molecule has 1 amide bonds. The van der Waals surface area contributed by atoms with Crippen LogP contribution in [0.5, 0.6) is 0 Å². The number of nitrogens with zero attached hydrogens (tertiary/aromatic N) is 4. The van der Waals surface area contributed by atoms with Crippen molar-refractivity contribution in [1.29, 1.82) is 0 Å². The minimum atomic E-state index is -3.60. The van der Waals surface area contributed by atoms with Crippen LogP contribution in [0.25, 0.3) is 5.69 Å². The van der Waals surface area contributed by atoms with E-state index in [1.807, 2.05) is 0 Å². The summed E-state index contributed by atoms with van der Waals surface area (Å²) >= 11 is 5.88. The van der Waals surface area contributed by atoms with Gasteiger partial charge in [0.25, 0.3) is 5.91 Å². The zero-order valence-electron chi connectivity index (χ0n) is 14.1. The van der Waals surface area contributed by atoms with Crippen molar-refractivity contribution >= 4 is 33.0 Å². The van der Waals surface area contributed by atoms with Crippen LogP contribution >= 0.6 is 11.6 Å². The van der Waals surface area contributed by atoms with Crippen molar-refractivity contribution < 1.29 is 17.6 Å². The van der Waals surface area contributed by atoms with Gasteiger partial charge >= 0.3 is 0 Å². The van der Waals surface area contributed by atoms with E-state index in [9.17, 15) is 17.6 Å². The van der Waals surface area contributed by atoms with Crippen LogP contribution in [0.2, 0.25) is 5.02 Å². The van der Waals surface area contributed by atoms with Crippen LogP contribution in [0.3, 0.4) is 0 Å². The number of amides is 1. The Hall–Kier alpha value is -2.85. The second-order valence-electron chi connectivity index (χ2n) is 5.68. The van der Waals surface area contributed by atoms with Crippen LogP contribution in [0.4, 0.5) is 10.1 Å². The highest BCUT2D eigenvalue weighted by molar-refractivity contribution is 7.90. The third kappa shape index (κ3) is 3.96. The van der Waals surface area contributed by atoms with Crippen molar-refractivity contribution in [3.8, 4) is 5.69 Å². The van der Waals surface area contributed by atoms with Crippen LogP contribution < -0.4 is 5.32 Å². The highest BCUT2D eigenvalue weighted by Gasteiger charge is 2.17. The van der Waals surface area contributed by atoms with E-state index >= 15 is 0 Å². The fourth-order valence-corrected chi connectivity index (χ4v) is 3.64. The summed E-state index contributed by atoms with van der Waals surface area (Å²) in [5.41, 5.74) is 0.426. The highest BCUT2D eigenvalue weighted by atomic mass is 35.5. The van der Waals surface area contributed by atoms with E-state index in [4.69, 9.17) is 11.6 Å². The Morgan fingerprint density at radius 2 is 1.96 bits per heavy atom. The molecule has 0 bridgehead atoms. The molecule has 11 heteroatoms. The quantitative estimate of drug-likeness (QED) is 0.709. The Labute approximate surface area is 158 Å². The number of aryl methyl sites for hydroxylation is 1. The number of carbonyl (C=O) groups excluding carboxylic acids is 1. The molecule has 3 aromatic rings. The Kier molecular flexibility index (Phi) is 4.94. The van der Waals surface area contributed by atoms with E-state index in [1.54, 1.807) is 6.92 Å². The lowest BCUT2D eigenvalue weighted by Crippen LogP contribution is -2.14. The third-order valence-electron chi connectivity index (χ3n) is 3.65. The molecule has 1 N–H and O–H groups in total. The molecule has 140 valence electrons. The van der Waals surface area contributed by atoms with Gasteiger partial charge in [-0.25, -0.2) is 12.8 Å². The summed E-state index contributed by atoms with van der Waals surface area (Å²) in [6, 6.07) is 7.79. The standard InChI is InChI=1S/C16H13ClFN5O3S/c1-9-20-21-22-23(9)14-8-11(4-6-13(14)18)19-16(24)10-3-5-12(17)15(7-10)27(2,25)26/h3-8H,1-2H3,(H,19,24). The molecular weight excluding hydrogens is 397 g/mol. The van der Waals surface area contributed by atoms with Gasteiger partial charge in [-0.15, -0.1) is 5.10 Å². The Bertz CT molecular complexity index is 1150. The summed E-state index contributed by atoms with van der Waals surface area (Å²) in [6.07, 6.45) is 0.997. The molecular formula is C16H13ClFN5O3S. The average Bonchev–Trinajstić information content (AvgIpc) is 3.01. The van der Waals surface area contributed by atoms with Gasteiger partial charge in [-0.2, -0.15) is 4.68 Å². The first-order valence-corrected chi connectivity index (χ1v) is 9.79. The molecule has 8 nitrogen and oxygen atoms in total. The molecule has 0 fully saturated rings. The predicted molar refractivity (Wildman–Crippen MR) is 96.4 cm³/mol. The van der Waals surface area contributed by atoms with Gasteiger partial charge in [0.15, 0.2) is 15.7 Å². The molecule has 0 aliphatic carbocycles. The third-order valence-corrected chi connectivity index (χ3v) is 5.23. The van der Waals surface area contributed by atoms with Gasteiger partial charge in [0.1, 0.15) is 11.5 Å². The lowest BCUT2D eigenvalue weighted by Gasteiger charge is -2.10. The van der Waals surface area contributed by atoms with Crippen molar-refractivity contribution in [3.05, 3.63) is 58.6 Å². The number of nitrogens with one attached hydrogen (secondary N) is 1. The summed E-state index contributed by atoms with van der Waals surface area (Å²) in [4.78, 5) is 12.3. The molecule has 1 aromatic heterocycles. The number of hydrogen-bond acceptors (Lipinski definition) is 6. The highest BCUT2D eigenvalue weighted by Crippen LogP contribution is 2.24. The molecule has 0 aliphatic rings. The lowest BCUT2D eigenvalue weighted by atomic mass is 10.2. The van der Waals surface area contributed by atoms with Gasteiger partial charge < -0.3 is 5.32 Å². The number of anilines is 1. The van der Waals surface area contributed by atoms with Gasteiger partial charge in [-0.3, -0.25) is 4.79 Å². The molecule has 0 spiro atoms. The second-order valence-corrected chi connectivity index (χ2v) is 8.07. The Morgan fingerprint density at radius 3 is 2.59 bits per heavy atom. The first kappa shape index (κ1) is 18.9. The lowest BCUT2D eigenvalue weighted by molar-refractivity contribution is 0.102. The Balaban J connectivity index is 1.93. The van der Waals surface area contributed by atoms with Crippen molar-refractivity contribution in [2.24, 2.45) is 0 Å². The number of tetrazole rings is 1. The van der Waals surface area contributed by atoms with Gasteiger partial charge in [-0.05, 0) is 53.7 Å². The number of rotatable bonds is 4. The number of aromatic nitrogens is 4. The van der Waals surface area contributed by atoms with E-state index < -0.39 is 21.6 Å². The predicted octanol–water partition coefficient (Wildman–Crippen LogP) is 2.42. The first-order valence-electron chi connectivity index (χ1n) is 7.52. The van der Waals surface area contributed by atoms with Crippen LogP contribution in [-0.2, 0) is 9.84 Å². The van der Waals surface area contributed by atoms with Crippen molar-refractivity contribution in [2.45, 2.75) is 11.8 Å². The van der Waals surface area contributed by atoms with E-state index in [0.29, 0.717) is 5.82 Å². The van der Waals surface area contributed by atoms with Crippen molar-refractivity contribution in [1.82, 2.24) is 20.2 Å². The van der Waals surface area contributed by atoms with Crippen LogP contribution in [0.1, 0.15) is 16.2 Å². The molecule has 27 heavy (non-hydrogen) atoms. The van der Waals surface area contributed by atoms with Crippen LogP contribution in [-0.4, -0.2) is 40.8 Å². The summed E-state index contributed by atoms with van der Waals surface area (Å²) < 4.78 is 38.8. The van der Waals surface area contributed by atoms with Gasteiger partial charge in [0.2, 0.25) is 0 Å². The smallest absolute Gasteiger partial charge is 0.255 e. The van der Waals surface area contributed by atoms with E-state index in [2.05, 4.69) is 20.8 Å². The topological polar surface area (TPSA) is 107 Å². The molecule has 0 saturated heterocycles. The fraction of sp³-hybridized carbons (Fsp3) is 0.125. The minimum Gasteiger partial charge on any atom is -0.322 e. The SMILES string of the molecule is Cc1nnnn1-c1cc(NC(=O)c2ccc(Cl)c(S(C)(=O)=O)c2)ccc1F. The second kappa shape index (κ2) is 7.05. The largest absolute Gasteiger partial charge is 0.322 e. The number of benzene rings is 2. The van der Waals surface area contributed by atoms with Gasteiger partial charge in [0, 0.05) is 17.5 Å². The average molecular weight is 410 g/mol. The maximum Gasteiger partial charge on any atom is 0.255 e. The molecule has 0 saturated carbocycles. The van der Waals surface area contributed by atoms with Crippen molar-refractivity contribution in [2.75, 3.05) is 11.6 Å². The molecule has 0 unspecified atom stereocenters. The molecule has 2 aromatic carbocycles. The van der Waals surface area contributed by atoms with Gasteiger partial charge in [0.05, 0.1) is 9.92 Å². The van der Waals surface area contributed by atoms with E-state index in [0.717, 1.165) is 12.3 Å². The first-order chi connectivity index (χ1) is 12.7. The number of carbonyl (C=O) groups is 1. The monoisotopic (exact) mass is 409 g/mol. The van der Waals surface area contributed by atoms with Crippen molar-refractivity contribution in [3.63, 3.8) is 0 Å². The maximum atomic E-state index is 14.1. The summed E-state index contributed by atoms with van der Waals surface area (Å²) in [6.45, 7) is 1.60. The number of halogens is 2. The zero-order chi connectivity index (χ0) is 19.8. The molecule has 0 aliphatic heterocycles. The minimum absolute atomic E-state index is 0.0206. The maximum absolute atomic E-state index is 14.1. The summed E-state index contributed by atoms with van der Waals surface area (Å²) in [5, 5.41) is 13.4. The zero-order valence-corrected chi connectivity index (χ0v) is 15.7.